The molecule has 1 aromatic rings. The van der Waals surface area contributed by atoms with Gasteiger partial charge >= 0.3 is 0 Å². The second-order valence-corrected chi connectivity index (χ2v) is 7.97. The van der Waals surface area contributed by atoms with Gasteiger partial charge < -0.3 is 15.3 Å². The molecule has 0 atom stereocenters. The van der Waals surface area contributed by atoms with Crippen molar-refractivity contribution < 1.29 is 5.11 Å². The van der Waals surface area contributed by atoms with Crippen LogP contribution >= 0.6 is 23.4 Å². The number of benzene rings is 1. The number of thioether (sulfide) groups is 1. The molecule has 0 unspecified atom stereocenters. The fourth-order valence-electron chi connectivity index (χ4n) is 3.32. The van der Waals surface area contributed by atoms with E-state index in [0.29, 0.717) is 18.6 Å². The number of hydrogen-bond donors (Lipinski definition) is 2. The lowest BCUT2D eigenvalue weighted by Gasteiger charge is -2.35. The summed E-state index contributed by atoms with van der Waals surface area (Å²) >= 11 is 8.27. The molecule has 5 heteroatoms. The zero-order valence-electron chi connectivity index (χ0n) is 12.9. The first-order chi connectivity index (χ1) is 10.8. The van der Waals surface area contributed by atoms with Crippen LogP contribution in [0.2, 0.25) is 5.02 Å². The average molecular weight is 341 g/mol. The summed E-state index contributed by atoms with van der Waals surface area (Å²) in [6, 6.07) is 6.75. The predicted octanol–water partition coefficient (Wildman–Crippen LogP) is 3.86. The summed E-state index contributed by atoms with van der Waals surface area (Å²) in [5, 5.41) is 13.8. The number of nitrogens with zero attached hydrogens (tertiary/aromatic N) is 1. The molecule has 3 nitrogen and oxygen atoms in total. The Morgan fingerprint density at radius 2 is 1.91 bits per heavy atom. The summed E-state index contributed by atoms with van der Waals surface area (Å²) < 4.78 is 0. The van der Waals surface area contributed by atoms with Crippen molar-refractivity contribution in [2.24, 2.45) is 5.92 Å². The Hall–Kier alpha value is -0.580. The van der Waals surface area contributed by atoms with Gasteiger partial charge in [0.1, 0.15) is 0 Å². The normalized spacial score (nSPS) is 21.1. The lowest BCUT2D eigenvalue weighted by Crippen LogP contribution is -2.35. The molecule has 3 rings (SSSR count). The quantitative estimate of drug-likeness (QED) is 0.872. The number of hydrogen-bond acceptors (Lipinski definition) is 4. The molecular formula is C17H25ClN2OS. The van der Waals surface area contributed by atoms with Gasteiger partial charge in [0.15, 0.2) is 0 Å². The predicted molar refractivity (Wildman–Crippen MR) is 97.4 cm³/mol. The SMILES string of the molecule is OCC1CCN(c2ccc(Cl)cc2NC2CCSCC2)CC1. The van der Waals surface area contributed by atoms with Crippen LogP contribution in [-0.4, -0.2) is 42.4 Å². The standard InChI is InChI=1S/C17H25ClN2OS/c18-14-1-2-17(20-7-3-13(12-21)4-8-20)16(11-14)19-15-5-9-22-10-6-15/h1-2,11,13,15,19,21H,3-10,12H2. The van der Waals surface area contributed by atoms with Crippen molar-refractivity contribution in [2.45, 2.75) is 31.7 Å². The lowest BCUT2D eigenvalue weighted by molar-refractivity contribution is 0.203. The van der Waals surface area contributed by atoms with Crippen LogP contribution in [-0.2, 0) is 0 Å². The monoisotopic (exact) mass is 340 g/mol. The molecule has 0 aromatic heterocycles. The van der Waals surface area contributed by atoms with Crippen LogP contribution in [0.15, 0.2) is 18.2 Å². The smallest absolute Gasteiger partial charge is 0.0603 e. The molecule has 0 spiro atoms. The van der Waals surface area contributed by atoms with E-state index < -0.39 is 0 Å². The lowest BCUT2D eigenvalue weighted by atomic mass is 9.97. The Morgan fingerprint density at radius 3 is 2.59 bits per heavy atom. The van der Waals surface area contributed by atoms with E-state index in [0.717, 1.165) is 31.0 Å². The molecule has 1 aromatic carbocycles. The number of anilines is 2. The fraction of sp³-hybridized carbons (Fsp3) is 0.647. The number of aliphatic hydroxyl groups is 1. The molecular weight excluding hydrogens is 316 g/mol. The highest BCUT2D eigenvalue weighted by atomic mass is 35.5. The van der Waals surface area contributed by atoms with Gasteiger partial charge in [-0.3, -0.25) is 0 Å². The average Bonchev–Trinajstić information content (AvgIpc) is 2.56. The van der Waals surface area contributed by atoms with Crippen LogP contribution in [0.5, 0.6) is 0 Å². The molecule has 122 valence electrons. The minimum absolute atomic E-state index is 0.319. The first kappa shape index (κ1) is 16.3. The van der Waals surface area contributed by atoms with Gasteiger partial charge in [0.25, 0.3) is 0 Å². The van der Waals surface area contributed by atoms with Gasteiger partial charge in [-0.25, -0.2) is 0 Å². The fourth-order valence-corrected chi connectivity index (χ4v) is 4.60. The van der Waals surface area contributed by atoms with E-state index in [1.54, 1.807) is 0 Å². The summed E-state index contributed by atoms with van der Waals surface area (Å²) in [6.07, 6.45) is 4.59. The summed E-state index contributed by atoms with van der Waals surface area (Å²) in [7, 11) is 0. The van der Waals surface area contributed by atoms with Crippen molar-refractivity contribution in [1.82, 2.24) is 0 Å². The molecule has 2 saturated heterocycles. The van der Waals surface area contributed by atoms with Gasteiger partial charge in [-0.05, 0) is 61.3 Å². The van der Waals surface area contributed by atoms with E-state index >= 15 is 0 Å². The van der Waals surface area contributed by atoms with Crippen LogP contribution in [0.1, 0.15) is 25.7 Å². The minimum atomic E-state index is 0.319. The van der Waals surface area contributed by atoms with Gasteiger partial charge in [-0.15, -0.1) is 0 Å². The maximum absolute atomic E-state index is 9.30. The van der Waals surface area contributed by atoms with Crippen molar-refractivity contribution in [3.8, 4) is 0 Å². The van der Waals surface area contributed by atoms with E-state index in [2.05, 4.69) is 22.3 Å². The van der Waals surface area contributed by atoms with Gasteiger partial charge in [-0.2, -0.15) is 11.8 Å². The van der Waals surface area contributed by atoms with Crippen LogP contribution in [0.3, 0.4) is 0 Å². The number of rotatable bonds is 4. The van der Waals surface area contributed by atoms with Crippen LogP contribution in [0.25, 0.3) is 0 Å². The largest absolute Gasteiger partial charge is 0.396 e. The molecule has 0 radical (unpaired) electrons. The van der Waals surface area contributed by atoms with Gasteiger partial charge in [-0.1, -0.05) is 11.6 Å². The van der Waals surface area contributed by atoms with Gasteiger partial charge in [0, 0.05) is 30.8 Å². The Balaban J connectivity index is 1.72. The molecule has 2 aliphatic rings. The van der Waals surface area contributed by atoms with Crippen molar-refractivity contribution in [1.29, 1.82) is 0 Å². The van der Waals surface area contributed by atoms with Crippen molar-refractivity contribution in [2.75, 3.05) is 41.4 Å². The highest BCUT2D eigenvalue weighted by molar-refractivity contribution is 7.99. The molecule has 2 heterocycles. The first-order valence-corrected chi connectivity index (χ1v) is 9.79. The van der Waals surface area contributed by atoms with Gasteiger partial charge in [0.05, 0.1) is 11.4 Å². The maximum Gasteiger partial charge on any atom is 0.0603 e. The van der Waals surface area contributed by atoms with E-state index in [-0.39, 0.29) is 0 Å². The maximum atomic E-state index is 9.30. The number of piperidine rings is 1. The minimum Gasteiger partial charge on any atom is -0.396 e. The molecule has 0 aliphatic carbocycles. The summed E-state index contributed by atoms with van der Waals surface area (Å²) in [5.41, 5.74) is 2.44. The summed E-state index contributed by atoms with van der Waals surface area (Å²) in [4.78, 5) is 2.43. The zero-order valence-corrected chi connectivity index (χ0v) is 14.5. The van der Waals surface area contributed by atoms with Crippen molar-refractivity contribution in [3.05, 3.63) is 23.2 Å². The van der Waals surface area contributed by atoms with E-state index in [4.69, 9.17) is 11.6 Å². The molecule has 2 fully saturated rings. The Bertz CT molecular complexity index is 486. The molecule has 0 amide bonds. The molecule has 2 aliphatic heterocycles. The van der Waals surface area contributed by atoms with E-state index in [1.165, 1.54) is 35.7 Å². The van der Waals surface area contributed by atoms with Gasteiger partial charge in [0.2, 0.25) is 0 Å². The third kappa shape index (κ3) is 4.03. The van der Waals surface area contributed by atoms with Crippen LogP contribution < -0.4 is 10.2 Å². The molecule has 0 bridgehead atoms. The number of aliphatic hydroxyl groups excluding tert-OH is 1. The summed E-state index contributed by atoms with van der Waals surface area (Å²) in [6.45, 7) is 2.35. The third-order valence-electron chi connectivity index (χ3n) is 4.75. The van der Waals surface area contributed by atoms with Crippen molar-refractivity contribution in [3.63, 3.8) is 0 Å². The first-order valence-electron chi connectivity index (χ1n) is 8.26. The summed E-state index contributed by atoms with van der Waals surface area (Å²) in [5.74, 6) is 2.96. The Kier molecular flexibility index (Phi) is 5.77. The highest BCUT2D eigenvalue weighted by Crippen LogP contribution is 2.34. The molecule has 0 saturated carbocycles. The second kappa shape index (κ2) is 7.80. The topological polar surface area (TPSA) is 35.5 Å². The highest BCUT2D eigenvalue weighted by Gasteiger charge is 2.22. The number of nitrogens with one attached hydrogen (secondary N) is 1. The third-order valence-corrected chi connectivity index (χ3v) is 6.04. The Morgan fingerprint density at radius 1 is 1.18 bits per heavy atom. The second-order valence-electron chi connectivity index (χ2n) is 6.31. The van der Waals surface area contributed by atoms with Crippen LogP contribution in [0.4, 0.5) is 11.4 Å². The number of halogens is 1. The van der Waals surface area contributed by atoms with E-state index in [1.807, 2.05) is 17.8 Å². The molecule has 2 N–H and O–H groups in total. The zero-order chi connectivity index (χ0) is 15.4. The molecule has 22 heavy (non-hydrogen) atoms. The van der Waals surface area contributed by atoms with Crippen LogP contribution in [0, 0.1) is 5.92 Å². The van der Waals surface area contributed by atoms with E-state index in [9.17, 15) is 5.11 Å². The Labute approximate surface area is 142 Å². The van der Waals surface area contributed by atoms with Crippen molar-refractivity contribution >= 4 is 34.7 Å².